The Kier molecular flexibility index (Phi) is 13.5. The van der Waals surface area contributed by atoms with Crippen LogP contribution in [0.1, 0.15) is 67.4 Å². The Bertz CT molecular complexity index is 1660. The first kappa shape index (κ1) is 39.9. The number of hydrogen-bond donors (Lipinski definition) is 4. The van der Waals surface area contributed by atoms with E-state index in [-0.39, 0.29) is 60.4 Å². The van der Waals surface area contributed by atoms with Gasteiger partial charge in [-0.1, -0.05) is 12.1 Å². The Balaban J connectivity index is 1.57. The number of nitrogens with zero attached hydrogens (tertiary/aromatic N) is 3. The fourth-order valence-electron chi connectivity index (χ4n) is 5.72. The normalized spacial score (nSPS) is 19.5. The van der Waals surface area contributed by atoms with E-state index in [4.69, 9.17) is 14.0 Å². The molecule has 2 heterocycles. The quantitative estimate of drug-likeness (QED) is 0.204. The zero-order valence-corrected chi connectivity index (χ0v) is 30.2. The van der Waals surface area contributed by atoms with Crippen molar-refractivity contribution in [3.05, 3.63) is 65.0 Å². The number of nitrogens with one attached hydrogen (secondary N) is 3. The second-order valence-corrected chi connectivity index (χ2v) is 13.2. The molecular formula is C36H47F3N6O7. The van der Waals surface area contributed by atoms with Crippen LogP contribution < -0.4 is 20.7 Å². The number of carbonyl (C=O) groups is 3. The lowest BCUT2D eigenvalue weighted by Crippen LogP contribution is -2.48. The first-order chi connectivity index (χ1) is 24.6. The predicted molar refractivity (Wildman–Crippen MR) is 189 cm³/mol. The van der Waals surface area contributed by atoms with Crippen molar-refractivity contribution < 1.29 is 46.7 Å². The average Bonchev–Trinajstić information content (AvgIpc) is 3.41. The summed E-state index contributed by atoms with van der Waals surface area (Å²) in [5.74, 6) is -0.0164. The van der Waals surface area contributed by atoms with Gasteiger partial charge < -0.3 is 44.9 Å². The van der Waals surface area contributed by atoms with Gasteiger partial charge in [0, 0.05) is 44.0 Å². The second-order valence-electron chi connectivity index (χ2n) is 13.2. The lowest BCUT2D eigenvalue weighted by Gasteiger charge is -2.35. The van der Waals surface area contributed by atoms with Crippen LogP contribution in [0.25, 0.3) is 0 Å². The van der Waals surface area contributed by atoms with Gasteiger partial charge >= 0.3 is 18.2 Å². The van der Waals surface area contributed by atoms with Crippen molar-refractivity contribution in [2.24, 2.45) is 5.92 Å². The van der Waals surface area contributed by atoms with E-state index in [2.05, 4.69) is 21.1 Å². The summed E-state index contributed by atoms with van der Waals surface area (Å²) in [6.45, 7) is 9.34. The van der Waals surface area contributed by atoms with Crippen molar-refractivity contribution in [2.75, 3.05) is 49.3 Å². The van der Waals surface area contributed by atoms with E-state index in [1.54, 1.807) is 40.0 Å². The smallest absolute Gasteiger partial charge is 0.416 e. The molecule has 3 aromatic rings. The minimum Gasteiger partial charge on any atom is -0.490 e. The second kappa shape index (κ2) is 17.6. The van der Waals surface area contributed by atoms with Crippen LogP contribution in [0.2, 0.25) is 0 Å². The van der Waals surface area contributed by atoms with Crippen LogP contribution in [0.3, 0.4) is 0 Å². The monoisotopic (exact) mass is 732 g/mol. The molecule has 13 nitrogen and oxygen atoms in total. The molecule has 0 aliphatic carbocycles. The number of urea groups is 2. The minimum atomic E-state index is -4.51. The van der Waals surface area contributed by atoms with Crippen LogP contribution in [-0.4, -0.2) is 89.6 Å². The lowest BCUT2D eigenvalue weighted by molar-refractivity contribution is -0.137. The Morgan fingerprint density at radius 2 is 1.73 bits per heavy atom. The maximum atomic E-state index is 14.4. The van der Waals surface area contributed by atoms with Crippen LogP contribution in [0.15, 0.2) is 47.0 Å². The van der Waals surface area contributed by atoms with Gasteiger partial charge in [-0.25, -0.2) is 9.59 Å². The van der Waals surface area contributed by atoms with E-state index in [0.29, 0.717) is 30.2 Å². The van der Waals surface area contributed by atoms with Gasteiger partial charge in [0.15, 0.2) is 5.76 Å². The molecule has 0 saturated heterocycles. The largest absolute Gasteiger partial charge is 0.490 e. The molecule has 0 fully saturated rings. The molecule has 0 unspecified atom stereocenters. The molecule has 52 heavy (non-hydrogen) atoms. The summed E-state index contributed by atoms with van der Waals surface area (Å²) in [7, 11) is 1.64. The zero-order chi connectivity index (χ0) is 38.2. The molecule has 1 aliphatic heterocycles. The van der Waals surface area contributed by atoms with Gasteiger partial charge in [-0.2, -0.15) is 13.2 Å². The summed E-state index contributed by atoms with van der Waals surface area (Å²) in [4.78, 5) is 43.4. The van der Waals surface area contributed by atoms with E-state index >= 15 is 0 Å². The van der Waals surface area contributed by atoms with Crippen LogP contribution in [0.5, 0.6) is 5.75 Å². The van der Waals surface area contributed by atoms with E-state index in [0.717, 1.165) is 37.1 Å². The molecule has 16 heteroatoms. The first-order valence-corrected chi connectivity index (χ1v) is 17.1. The number of aliphatic hydroxyl groups excluding tert-OH is 1. The summed E-state index contributed by atoms with van der Waals surface area (Å²) in [6, 6.07) is 6.85. The minimum absolute atomic E-state index is 0.136. The molecule has 5 amide bonds. The number of fused-ring (bicyclic) bond motifs is 1. The van der Waals surface area contributed by atoms with Crippen molar-refractivity contribution >= 4 is 35.0 Å². The van der Waals surface area contributed by atoms with E-state index in [1.807, 2.05) is 13.8 Å². The number of ether oxygens (including phenoxy) is 2. The molecule has 0 saturated carbocycles. The highest BCUT2D eigenvalue weighted by atomic mass is 19.4. The number of aromatic nitrogens is 1. The van der Waals surface area contributed by atoms with Crippen molar-refractivity contribution in [1.82, 2.24) is 15.0 Å². The molecule has 284 valence electrons. The molecule has 4 N–H and O–H groups in total. The molecule has 4 rings (SSSR count). The van der Waals surface area contributed by atoms with E-state index in [9.17, 15) is 32.7 Å². The van der Waals surface area contributed by atoms with Crippen molar-refractivity contribution in [3.63, 3.8) is 0 Å². The number of alkyl halides is 3. The summed E-state index contributed by atoms with van der Waals surface area (Å²) in [5.41, 5.74) is 0.689. The molecule has 0 radical (unpaired) electrons. The van der Waals surface area contributed by atoms with Gasteiger partial charge in [-0.15, -0.1) is 0 Å². The summed E-state index contributed by atoms with van der Waals surface area (Å²) >= 11 is 0. The number of halogens is 3. The highest BCUT2D eigenvalue weighted by molar-refractivity contribution is 6.02. The molecule has 4 atom stereocenters. The highest BCUT2D eigenvalue weighted by Gasteiger charge is 2.32. The predicted octanol–water partition coefficient (Wildman–Crippen LogP) is 6.91. The highest BCUT2D eigenvalue weighted by Crippen LogP contribution is 2.31. The van der Waals surface area contributed by atoms with Gasteiger partial charge in [0.25, 0.3) is 5.91 Å². The number of amides is 5. The Hall–Kier alpha value is -4.83. The van der Waals surface area contributed by atoms with Gasteiger partial charge in [-0.05, 0) is 89.4 Å². The van der Waals surface area contributed by atoms with Crippen molar-refractivity contribution in [3.8, 4) is 5.75 Å². The van der Waals surface area contributed by atoms with Crippen molar-refractivity contribution in [2.45, 2.75) is 78.3 Å². The first-order valence-electron chi connectivity index (χ1n) is 17.1. The lowest BCUT2D eigenvalue weighted by atomic mass is 10.0. The number of aliphatic hydroxyl groups is 1. The zero-order valence-electron chi connectivity index (χ0n) is 30.2. The molecule has 0 bridgehead atoms. The topological polar surface area (TPSA) is 158 Å². The number of aryl methyl sites for hydroxylation is 2. The molecule has 2 aromatic carbocycles. The third kappa shape index (κ3) is 10.6. The summed E-state index contributed by atoms with van der Waals surface area (Å²) in [5, 5.41) is 22.1. The summed E-state index contributed by atoms with van der Waals surface area (Å²) < 4.78 is 56.6. The molecule has 1 aromatic heterocycles. The molecular weight excluding hydrogens is 685 g/mol. The average molecular weight is 733 g/mol. The third-order valence-electron chi connectivity index (χ3n) is 8.85. The number of benzene rings is 2. The molecule has 1 aliphatic rings. The number of hydrogen-bond acceptors (Lipinski definition) is 8. The van der Waals surface area contributed by atoms with Gasteiger partial charge in [-0.3, -0.25) is 4.79 Å². The Labute approximate surface area is 300 Å². The fourth-order valence-corrected chi connectivity index (χ4v) is 5.72. The van der Waals surface area contributed by atoms with Gasteiger partial charge in [0.1, 0.15) is 17.1 Å². The van der Waals surface area contributed by atoms with E-state index in [1.165, 1.54) is 15.9 Å². The number of anilines is 3. The van der Waals surface area contributed by atoms with Crippen LogP contribution >= 0.6 is 0 Å². The van der Waals surface area contributed by atoms with Crippen LogP contribution in [0.4, 0.5) is 39.8 Å². The summed E-state index contributed by atoms with van der Waals surface area (Å²) in [6.07, 6.45) is -3.13. The third-order valence-corrected chi connectivity index (χ3v) is 8.85. The maximum absolute atomic E-state index is 14.4. The maximum Gasteiger partial charge on any atom is 0.416 e. The Morgan fingerprint density at radius 1 is 1.06 bits per heavy atom. The van der Waals surface area contributed by atoms with Crippen molar-refractivity contribution in [1.29, 1.82) is 0 Å². The Morgan fingerprint density at radius 3 is 2.37 bits per heavy atom. The molecule has 0 spiro atoms. The standard InChI is InChI=1S/C36H47F3N6O7/c1-21-18-45(22(2)20-46)33(47)29-17-28(41-34(48)40-27-12-10-26(11-13-27)36(37,38)39)14-15-30(29)51-23(3)9-7-8-16-50-31(21)19-44(6)35(49)42-32-24(4)43-52-25(32)5/h10-15,17,21-23,31,46H,7-9,16,18-20H2,1-6H3,(H,42,49)(H2,40,41,48)/t21-,22+,23-,31-/m0/s1. The SMILES string of the molecule is Cc1noc(C)c1NC(=O)N(C)C[C@@H]1OCCCC[C@H](C)Oc2ccc(NC(=O)Nc3ccc(C(F)(F)F)cc3)cc2C(=O)N([C@H](C)CO)C[C@@H]1C. The van der Waals surface area contributed by atoms with Crippen LogP contribution in [0, 0.1) is 19.8 Å². The van der Waals surface area contributed by atoms with Gasteiger partial charge in [0.05, 0.1) is 36.0 Å². The van der Waals surface area contributed by atoms with Gasteiger partial charge in [0.2, 0.25) is 0 Å². The number of rotatable bonds is 7. The number of likely N-dealkylation sites (N-methyl/N-ethyl adjacent to an activating group) is 1. The fraction of sp³-hybridized carbons (Fsp3) is 0.500. The van der Waals surface area contributed by atoms with Crippen LogP contribution in [-0.2, 0) is 10.9 Å². The number of carbonyl (C=O) groups excluding carboxylic acids is 3. The van der Waals surface area contributed by atoms with E-state index < -0.39 is 35.8 Å².